The van der Waals surface area contributed by atoms with Gasteiger partial charge in [0, 0.05) is 13.2 Å². The molecule has 0 unspecified atom stereocenters. The molecule has 0 aromatic heterocycles. The highest BCUT2D eigenvalue weighted by molar-refractivity contribution is 7.52. The minimum atomic E-state index is -3.60. The van der Waals surface area contributed by atoms with Crippen molar-refractivity contribution >= 4 is 24.5 Å². The summed E-state index contributed by atoms with van der Waals surface area (Å²) in [5, 5.41) is 0. The molecule has 0 N–H and O–H groups in total. The lowest BCUT2D eigenvalue weighted by molar-refractivity contribution is -0.154. The Morgan fingerprint density at radius 3 is 1.52 bits per heavy atom. The van der Waals surface area contributed by atoms with Gasteiger partial charge in [-0.25, -0.2) is 4.57 Å². The molecule has 0 aliphatic heterocycles. The van der Waals surface area contributed by atoms with Crippen LogP contribution in [0.4, 0.5) is 0 Å². The monoisotopic (exact) mass is 358 g/mol. The third-order valence-corrected chi connectivity index (χ3v) is 8.48. The Kier molecular flexibility index (Phi) is 9.13. The van der Waals surface area contributed by atoms with E-state index in [0.717, 1.165) is 0 Å². The van der Waals surface area contributed by atoms with Gasteiger partial charge in [-0.1, -0.05) is 0 Å². The topological polar surface area (TPSA) is 63.2 Å². The highest BCUT2D eigenvalue weighted by atomic mass is 31.2. The first-order valence-electron chi connectivity index (χ1n) is 7.30. The summed E-state index contributed by atoms with van der Waals surface area (Å²) < 4.78 is 40.5. The summed E-state index contributed by atoms with van der Waals surface area (Å²) in [5.74, 6) is 0. The first kappa shape index (κ1) is 21.5. The third-order valence-electron chi connectivity index (χ3n) is 1.85. The lowest BCUT2D eigenvalue weighted by Gasteiger charge is -2.30. The van der Waals surface area contributed by atoms with Crippen LogP contribution >= 0.6 is 7.82 Å². The smallest absolute Gasteiger partial charge is 0.351 e. The van der Waals surface area contributed by atoms with Crippen molar-refractivity contribution in [2.24, 2.45) is 0 Å². The first-order valence-corrected chi connectivity index (χ1v) is 15.6. The van der Waals surface area contributed by atoms with Crippen LogP contribution in [-0.4, -0.2) is 42.7 Å². The Labute approximate surface area is 131 Å². The molecule has 0 fully saturated rings. The van der Waals surface area contributed by atoms with E-state index in [0.29, 0.717) is 13.2 Å². The van der Waals surface area contributed by atoms with E-state index in [1.165, 1.54) is 0 Å². The maximum Gasteiger partial charge on any atom is 0.455 e. The fourth-order valence-electron chi connectivity index (χ4n) is 1.41. The maximum absolute atomic E-state index is 12.8. The van der Waals surface area contributed by atoms with Crippen molar-refractivity contribution in [1.82, 2.24) is 0 Å². The molecule has 0 heterocycles. The molecule has 0 saturated carbocycles. The zero-order valence-electron chi connectivity index (χ0n) is 14.6. The average molecular weight is 359 g/mol. The Balaban J connectivity index is 4.85. The SMILES string of the molecule is CCOC(COP(=O)(O[Si](C)(C)C)O[Si](C)(C)C)OCC. The van der Waals surface area contributed by atoms with Crippen molar-refractivity contribution in [1.29, 1.82) is 0 Å². The van der Waals surface area contributed by atoms with Gasteiger partial charge in [0.2, 0.25) is 0 Å². The molecule has 6 nitrogen and oxygen atoms in total. The van der Waals surface area contributed by atoms with E-state index in [1.54, 1.807) is 0 Å². The molecule has 128 valence electrons. The molecule has 0 atom stereocenters. The van der Waals surface area contributed by atoms with Gasteiger partial charge in [-0.05, 0) is 53.1 Å². The Morgan fingerprint density at radius 1 is 0.857 bits per heavy atom. The average Bonchev–Trinajstić information content (AvgIpc) is 2.21. The van der Waals surface area contributed by atoms with Crippen LogP contribution in [-0.2, 0) is 27.0 Å². The second-order valence-electron chi connectivity index (χ2n) is 6.49. The highest BCUT2D eigenvalue weighted by Gasteiger charge is 2.38. The van der Waals surface area contributed by atoms with Gasteiger partial charge in [0.1, 0.15) is 6.61 Å². The van der Waals surface area contributed by atoms with E-state index in [2.05, 4.69) is 0 Å². The maximum atomic E-state index is 12.8. The van der Waals surface area contributed by atoms with Gasteiger partial charge in [0.15, 0.2) is 22.9 Å². The lowest BCUT2D eigenvalue weighted by Crippen LogP contribution is -2.32. The zero-order chi connectivity index (χ0) is 16.7. The van der Waals surface area contributed by atoms with Crippen LogP contribution < -0.4 is 0 Å². The number of hydrogen-bond acceptors (Lipinski definition) is 6. The minimum absolute atomic E-state index is 0.0217. The minimum Gasteiger partial charge on any atom is -0.351 e. The van der Waals surface area contributed by atoms with Crippen LogP contribution in [0.5, 0.6) is 0 Å². The van der Waals surface area contributed by atoms with E-state index in [4.69, 9.17) is 22.4 Å². The molecule has 0 aliphatic rings. The number of hydrogen-bond donors (Lipinski definition) is 0. The van der Waals surface area contributed by atoms with Gasteiger partial charge in [-0.2, -0.15) is 0 Å². The van der Waals surface area contributed by atoms with Gasteiger partial charge >= 0.3 is 7.82 Å². The second kappa shape index (κ2) is 8.93. The summed E-state index contributed by atoms with van der Waals surface area (Å²) in [7, 11) is -7.75. The van der Waals surface area contributed by atoms with Crippen molar-refractivity contribution in [3.63, 3.8) is 0 Å². The molecule has 9 heteroatoms. The number of rotatable bonds is 11. The summed E-state index contributed by atoms with van der Waals surface area (Å²) in [5.41, 5.74) is 0. The third kappa shape index (κ3) is 11.7. The van der Waals surface area contributed by atoms with Crippen LogP contribution in [0.1, 0.15) is 13.8 Å². The molecule has 0 saturated heterocycles. The van der Waals surface area contributed by atoms with E-state index in [1.807, 2.05) is 53.1 Å². The van der Waals surface area contributed by atoms with E-state index < -0.39 is 30.7 Å². The summed E-state index contributed by atoms with van der Waals surface area (Å²) in [6.07, 6.45) is -0.566. The lowest BCUT2D eigenvalue weighted by atomic mass is 10.6. The standard InChI is InChI=1S/C12H31O6PSi2/c1-9-14-12(15-10-2)11-16-19(13,17-20(3,4)5)18-21(6,7)8/h12H,9-11H2,1-8H3. The van der Waals surface area contributed by atoms with Crippen LogP contribution in [0.3, 0.4) is 0 Å². The van der Waals surface area contributed by atoms with Gasteiger partial charge in [-0.3, -0.25) is 4.52 Å². The molecule has 0 rings (SSSR count). The predicted molar refractivity (Wildman–Crippen MR) is 89.5 cm³/mol. The Hall–Kier alpha value is 0.464. The fourth-order valence-corrected chi connectivity index (χ4v) is 7.99. The van der Waals surface area contributed by atoms with Crippen LogP contribution in [0.25, 0.3) is 0 Å². The molecule has 21 heavy (non-hydrogen) atoms. The zero-order valence-corrected chi connectivity index (χ0v) is 17.5. The molecular formula is C12H31O6PSi2. The first-order chi connectivity index (χ1) is 9.41. The molecule has 0 amide bonds. The Bertz CT molecular complexity index is 314. The van der Waals surface area contributed by atoms with E-state index >= 15 is 0 Å². The van der Waals surface area contributed by atoms with Gasteiger partial charge in [0.25, 0.3) is 0 Å². The molecule has 0 aromatic rings. The summed E-state index contributed by atoms with van der Waals surface area (Å²) in [6.45, 7) is 16.4. The Morgan fingerprint density at radius 2 is 1.24 bits per heavy atom. The summed E-state index contributed by atoms with van der Waals surface area (Å²) in [6, 6.07) is 0. The van der Waals surface area contributed by atoms with Crippen LogP contribution in [0.2, 0.25) is 39.3 Å². The number of ether oxygens (including phenoxy) is 2. The molecule has 0 aromatic carbocycles. The number of phosphoric acid groups is 1. The van der Waals surface area contributed by atoms with Gasteiger partial charge in [-0.15, -0.1) is 0 Å². The molecule has 0 bridgehead atoms. The van der Waals surface area contributed by atoms with E-state index in [9.17, 15) is 4.57 Å². The van der Waals surface area contributed by atoms with Crippen molar-refractivity contribution in [3.8, 4) is 0 Å². The van der Waals surface area contributed by atoms with Crippen molar-refractivity contribution in [2.75, 3.05) is 19.8 Å². The normalized spacial score (nSPS) is 14.0. The van der Waals surface area contributed by atoms with Crippen molar-refractivity contribution in [2.45, 2.75) is 59.4 Å². The largest absolute Gasteiger partial charge is 0.455 e. The fraction of sp³-hybridized carbons (Fsp3) is 1.00. The van der Waals surface area contributed by atoms with Crippen LogP contribution in [0, 0.1) is 0 Å². The molecule has 0 aliphatic carbocycles. The van der Waals surface area contributed by atoms with Gasteiger partial charge < -0.3 is 17.9 Å². The predicted octanol–water partition coefficient (Wildman–Crippen LogP) is 4.21. The van der Waals surface area contributed by atoms with Crippen molar-refractivity contribution < 1.29 is 27.0 Å². The molecule has 0 spiro atoms. The molecule has 0 radical (unpaired) electrons. The van der Waals surface area contributed by atoms with E-state index in [-0.39, 0.29) is 6.61 Å². The summed E-state index contributed by atoms with van der Waals surface area (Å²) >= 11 is 0. The quantitative estimate of drug-likeness (QED) is 0.313. The van der Waals surface area contributed by atoms with Gasteiger partial charge in [0.05, 0.1) is 0 Å². The van der Waals surface area contributed by atoms with Crippen molar-refractivity contribution in [3.05, 3.63) is 0 Å². The highest BCUT2D eigenvalue weighted by Crippen LogP contribution is 2.54. The second-order valence-corrected chi connectivity index (χ2v) is 17.6. The summed E-state index contributed by atoms with van der Waals surface area (Å²) in [4.78, 5) is 0. The van der Waals surface area contributed by atoms with Crippen LogP contribution in [0.15, 0.2) is 0 Å². The molecular weight excluding hydrogens is 327 g/mol.